The minimum Gasteiger partial charge on any atom is -0.480 e. The van der Waals surface area contributed by atoms with Gasteiger partial charge in [-0.1, -0.05) is 0 Å². The number of amides is 2. The molecule has 0 spiro atoms. The van der Waals surface area contributed by atoms with Crippen molar-refractivity contribution >= 4 is 33.7 Å². The van der Waals surface area contributed by atoms with Crippen molar-refractivity contribution < 1.29 is 23.9 Å². The normalized spacial score (nSPS) is 18.6. The lowest BCUT2D eigenvalue weighted by molar-refractivity contribution is -0.144. The van der Waals surface area contributed by atoms with Gasteiger partial charge in [-0.15, -0.1) is 0 Å². The van der Waals surface area contributed by atoms with Crippen LogP contribution >= 0.6 is 15.9 Å². The number of rotatable bonds is 2. The summed E-state index contributed by atoms with van der Waals surface area (Å²) in [4.78, 5) is 35.7. The van der Waals surface area contributed by atoms with Gasteiger partial charge in [-0.25, -0.2) is 9.18 Å². The number of piperazine rings is 1. The summed E-state index contributed by atoms with van der Waals surface area (Å²) in [6.45, 7) is -0.550. The number of carbonyl (C=O) groups excluding carboxylic acids is 2. The number of aliphatic carboxylic acids is 1. The molecule has 0 aromatic heterocycles. The van der Waals surface area contributed by atoms with E-state index < -0.39 is 29.6 Å². The molecule has 1 unspecified atom stereocenters. The SMILES string of the molecule is O=C1CN(C(=O)c2cc(F)ccc2Br)C(C(=O)O)CN1. The average molecular weight is 345 g/mol. The predicted molar refractivity (Wildman–Crippen MR) is 69.6 cm³/mol. The van der Waals surface area contributed by atoms with E-state index in [0.717, 1.165) is 11.0 Å². The second kappa shape index (κ2) is 5.58. The van der Waals surface area contributed by atoms with Crippen LogP contribution in [0.15, 0.2) is 22.7 Å². The summed E-state index contributed by atoms with van der Waals surface area (Å²) in [7, 11) is 0. The lowest BCUT2D eigenvalue weighted by Crippen LogP contribution is -2.59. The van der Waals surface area contributed by atoms with Gasteiger partial charge in [-0.3, -0.25) is 9.59 Å². The van der Waals surface area contributed by atoms with Crippen LogP contribution in [0, 0.1) is 5.82 Å². The first-order valence-electron chi connectivity index (χ1n) is 5.65. The molecule has 1 aliphatic rings. The van der Waals surface area contributed by atoms with E-state index in [-0.39, 0.29) is 18.7 Å². The summed E-state index contributed by atoms with van der Waals surface area (Å²) in [6.07, 6.45) is 0. The lowest BCUT2D eigenvalue weighted by Gasteiger charge is -2.32. The first kappa shape index (κ1) is 14.4. The maximum atomic E-state index is 13.2. The second-order valence-corrected chi connectivity index (χ2v) is 5.07. The molecule has 2 amide bonds. The maximum Gasteiger partial charge on any atom is 0.328 e. The largest absolute Gasteiger partial charge is 0.480 e. The van der Waals surface area contributed by atoms with Gasteiger partial charge >= 0.3 is 5.97 Å². The monoisotopic (exact) mass is 344 g/mol. The molecule has 1 aliphatic heterocycles. The zero-order valence-corrected chi connectivity index (χ0v) is 11.7. The van der Waals surface area contributed by atoms with Crippen LogP contribution in [0.25, 0.3) is 0 Å². The molecule has 1 heterocycles. The van der Waals surface area contributed by atoms with Crippen molar-refractivity contribution in [3.8, 4) is 0 Å². The van der Waals surface area contributed by atoms with E-state index in [1.165, 1.54) is 12.1 Å². The highest BCUT2D eigenvalue weighted by molar-refractivity contribution is 9.10. The Morgan fingerprint density at radius 2 is 2.15 bits per heavy atom. The van der Waals surface area contributed by atoms with Gasteiger partial charge < -0.3 is 15.3 Å². The summed E-state index contributed by atoms with van der Waals surface area (Å²) in [6, 6.07) is 2.34. The molecule has 1 fully saturated rings. The predicted octanol–water partition coefficient (Wildman–Crippen LogP) is 0.613. The van der Waals surface area contributed by atoms with Gasteiger partial charge in [0.15, 0.2) is 0 Å². The quantitative estimate of drug-likeness (QED) is 0.823. The Kier molecular flexibility index (Phi) is 4.03. The van der Waals surface area contributed by atoms with E-state index in [0.29, 0.717) is 4.47 Å². The van der Waals surface area contributed by atoms with Crippen LogP contribution in [0.1, 0.15) is 10.4 Å². The smallest absolute Gasteiger partial charge is 0.328 e. The number of hydrogen-bond donors (Lipinski definition) is 2. The summed E-state index contributed by atoms with van der Waals surface area (Å²) < 4.78 is 13.6. The minimum atomic E-state index is -1.23. The number of hydrogen-bond acceptors (Lipinski definition) is 3. The van der Waals surface area contributed by atoms with Crippen LogP contribution in [-0.4, -0.2) is 46.9 Å². The van der Waals surface area contributed by atoms with Crippen molar-refractivity contribution in [3.63, 3.8) is 0 Å². The topological polar surface area (TPSA) is 86.7 Å². The van der Waals surface area contributed by atoms with Gasteiger partial charge in [0.05, 0.1) is 5.56 Å². The fourth-order valence-corrected chi connectivity index (χ4v) is 2.31. The maximum absolute atomic E-state index is 13.2. The lowest BCUT2D eigenvalue weighted by atomic mass is 10.1. The molecule has 2 N–H and O–H groups in total. The van der Waals surface area contributed by atoms with Crippen LogP contribution in [0.2, 0.25) is 0 Å². The molecular weight excluding hydrogens is 335 g/mol. The van der Waals surface area contributed by atoms with Crippen molar-refractivity contribution in [1.82, 2.24) is 10.2 Å². The standard InChI is InChI=1S/C12H10BrFN2O4/c13-8-2-1-6(14)3-7(8)11(18)16-5-10(17)15-4-9(16)12(19)20/h1-3,9H,4-5H2,(H,15,17)(H,19,20). The average Bonchev–Trinajstić information content (AvgIpc) is 2.40. The third-order valence-corrected chi connectivity index (χ3v) is 3.58. The highest BCUT2D eigenvalue weighted by atomic mass is 79.9. The van der Waals surface area contributed by atoms with Crippen LogP contribution in [0.5, 0.6) is 0 Å². The van der Waals surface area contributed by atoms with Crippen LogP contribution in [0.4, 0.5) is 4.39 Å². The van der Waals surface area contributed by atoms with Crippen molar-refractivity contribution in [3.05, 3.63) is 34.1 Å². The fourth-order valence-electron chi connectivity index (χ4n) is 1.89. The van der Waals surface area contributed by atoms with Gasteiger partial charge in [0.25, 0.3) is 5.91 Å². The highest BCUT2D eigenvalue weighted by Gasteiger charge is 2.36. The Morgan fingerprint density at radius 1 is 1.45 bits per heavy atom. The van der Waals surface area contributed by atoms with E-state index in [1.807, 2.05) is 0 Å². The van der Waals surface area contributed by atoms with Crippen molar-refractivity contribution in [2.24, 2.45) is 0 Å². The van der Waals surface area contributed by atoms with E-state index in [1.54, 1.807) is 0 Å². The Bertz CT molecular complexity index is 593. The fraction of sp³-hybridized carbons (Fsp3) is 0.250. The molecule has 20 heavy (non-hydrogen) atoms. The Labute approximate surface area is 121 Å². The number of carbonyl (C=O) groups is 3. The summed E-state index contributed by atoms with van der Waals surface area (Å²) >= 11 is 3.11. The van der Waals surface area contributed by atoms with Crippen LogP contribution < -0.4 is 5.32 Å². The number of carboxylic acids is 1. The summed E-state index contributed by atoms with van der Waals surface area (Å²) in [5.41, 5.74) is -0.0223. The Balaban J connectivity index is 2.36. The van der Waals surface area contributed by atoms with Crippen molar-refractivity contribution in [1.29, 1.82) is 0 Å². The molecule has 1 atom stereocenters. The van der Waals surface area contributed by atoms with Crippen molar-refractivity contribution in [2.75, 3.05) is 13.1 Å². The third-order valence-electron chi connectivity index (χ3n) is 2.89. The molecule has 1 aromatic carbocycles. The zero-order valence-electron chi connectivity index (χ0n) is 10.1. The molecule has 106 valence electrons. The van der Waals surface area contributed by atoms with Crippen molar-refractivity contribution in [2.45, 2.75) is 6.04 Å². The van der Waals surface area contributed by atoms with E-state index in [9.17, 15) is 18.8 Å². The number of nitrogens with zero attached hydrogens (tertiary/aromatic N) is 1. The van der Waals surface area contributed by atoms with Gasteiger partial charge in [0, 0.05) is 11.0 Å². The van der Waals surface area contributed by atoms with Crippen LogP contribution in [-0.2, 0) is 9.59 Å². The second-order valence-electron chi connectivity index (χ2n) is 4.22. The zero-order chi connectivity index (χ0) is 14.9. The first-order chi connectivity index (χ1) is 9.40. The van der Waals surface area contributed by atoms with Gasteiger partial charge in [-0.2, -0.15) is 0 Å². The molecule has 0 aliphatic carbocycles. The number of benzene rings is 1. The molecule has 2 rings (SSSR count). The van der Waals surface area contributed by atoms with E-state index >= 15 is 0 Å². The Hall–Kier alpha value is -1.96. The van der Waals surface area contributed by atoms with Crippen LogP contribution in [0.3, 0.4) is 0 Å². The molecule has 0 bridgehead atoms. The molecule has 0 saturated carbocycles. The summed E-state index contributed by atoms with van der Waals surface area (Å²) in [5.74, 6) is -3.02. The molecule has 6 nitrogen and oxygen atoms in total. The molecule has 1 aromatic rings. The highest BCUT2D eigenvalue weighted by Crippen LogP contribution is 2.21. The molecular formula is C12H10BrFN2O4. The number of halogens is 2. The van der Waals surface area contributed by atoms with Gasteiger partial charge in [0.2, 0.25) is 5.91 Å². The first-order valence-corrected chi connectivity index (χ1v) is 6.45. The Morgan fingerprint density at radius 3 is 2.80 bits per heavy atom. The molecule has 8 heteroatoms. The van der Waals surface area contributed by atoms with Gasteiger partial charge in [-0.05, 0) is 34.1 Å². The number of carboxylic acid groups (broad SMARTS) is 1. The molecule has 0 radical (unpaired) electrons. The van der Waals surface area contributed by atoms with Gasteiger partial charge in [0.1, 0.15) is 18.4 Å². The number of nitrogens with one attached hydrogen (secondary N) is 1. The summed E-state index contributed by atoms with van der Waals surface area (Å²) in [5, 5.41) is 11.5. The van der Waals surface area contributed by atoms with E-state index in [2.05, 4.69) is 21.2 Å². The minimum absolute atomic E-state index is 0.0223. The molecule has 1 saturated heterocycles. The third kappa shape index (κ3) is 2.79. The van der Waals surface area contributed by atoms with E-state index in [4.69, 9.17) is 5.11 Å².